The summed E-state index contributed by atoms with van der Waals surface area (Å²) in [5.74, 6) is 0. The van der Waals surface area contributed by atoms with Crippen molar-refractivity contribution in [1.29, 1.82) is 0 Å². The van der Waals surface area contributed by atoms with Crippen LogP contribution in [-0.4, -0.2) is 17.1 Å². The Labute approximate surface area is 122 Å². The van der Waals surface area contributed by atoms with E-state index in [-0.39, 0.29) is 6.10 Å². The van der Waals surface area contributed by atoms with E-state index in [4.69, 9.17) is 4.74 Å². The van der Waals surface area contributed by atoms with Crippen LogP contribution in [0.3, 0.4) is 0 Å². The van der Waals surface area contributed by atoms with Crippen molar-refractivity contribution in [2.75, 3.05) is 7.11 Å². The third-order valence-electron chi connectivity index (χ3n) is 3.40. The molecule has 0 N–H and O–H groups in total. The van der Waals surface area contributed by atoms with Gasteiger partial charge in [-0.2, -0.15) is 0 Å². The Morgan fingerprint density at radius 1 is 1.20 bits per heavy atom. The Hall–Kier alpha value is -1.78. The van der Waals surface area contributed by atoms with Crippen LogP contribution in [0.1, 0.15) is 23.6 Å². The molecule has 0 aliphatic carbocycles. The first-order chi connectivity index (χ1) is 9.67. The largest absolute Gasteiger partial charge is 0.377 e. The summed E-state index contributed by atoms with van der Waals surface area (Å²) in [6.45, 7) is 4.05. The number of fused-ring (bicyclic) bond motifs is 1. The number of pyridine rings is 1. The van der Waals surface area contributed by atoms with Gasteiger partial charge in [0.25, 0.3) is 0 Å². The molecule has 20 heavy (non-hydrogen) atoms. The van der Waals surface area contributed by atoms with Gasteiger partial charge < -0.3 is 4.74 Å². The van der Waals surface area contributed by atoms with Crippen molar-refractivity contribution in [3.63, 3.8) is 0 Å². The fraction of sp³-hybridized carbons (Fsp3) is 0.250. The number of methoxy groups -OCH3 is 1. The van der Waals surface area contributed by atoms with Crippen molar-refractivity contribution in [2.24, 2.45) is 0 Å². The maximum Gasteiger partial charge on any atom is 0.143 e. The maximum absolute atomic E-state index is 5.37. The summed E-state index contributed by atoms with van der Waals surface area (Å²) in [6.07, 6.45) is 2.00. The number of nitrogens with zero attached hydrogens (tertiary/aromatic N) is 2. The van der Waals surface area contributed by atoms with Gasteiger partial charge in [-0.15, -0.1) is 0 Å². The topological polar surface area (TPSA) is 35.0 Å². The Morgan fingerprint density at radius 2 is 2.05 bits per heavy atom. The molecule has 0 saturated carbocycles. The minimum atomic E-state index is 0.0909. The number of hydrogen-bond acceptors (Lipinski definition) is 4. The first-order valence-electron chi connectivity index (χ1n) is 6.53. The molecule has 102 valence electrons. The SMILES string of the molecule is CO[C@@H](C)c1cccc(-c2cnc3sc(C)nc3c2)c1. The van der Waals surface area contributed by atoms with Crippen LogP contribution in [0.4, 0.5) is 0 Å². The zero-order valence-electron chi connectivity index (χ0n) is 11.8. The third-order valence-corrected chi connectivity index (χ3v) is 4.29. The van der Waals surface area contributed by atoms with Crippen molar-refractivity contribution >= 4 is 21.7 Å². The Kier molecular flexibility index (Phi) is 3.51. The van der Waals surface area contributed by atoms with Crippen LogP contribution < -0.4 is 0 Å². The monoisotopic (exact) mass is 284 g/mol. The average Bonchev–Trinajstić information content (AvgIpc) is 2.85. The number of ether oxygens (including phenoxy) is 1. The lowest BCUT2D eigenvalue weighted by Crippen LogP contribution is -1.95. The predicted molar refractivity (Wildman–Crippen MR) is 83.0 cm³/mol. The van der Waals surface area contributed by atoms with Gasteiger partial charge in [0, 0.05) is 18.9 Å². The highest BCUT2D eigenvalue weighted by Gasteiger charge is 2.08. The summed E-state index contributed by atoms with van der Waals surface area (Å²) in [4.78, 5) is 10.00. The van der Waals surface area contributed by atoms with E-state index in [0.717, 1.165) is 26.5 Å². The molecule has 0 spiro atoms. The number of thiazole rings is 1. The number of aromatic nitrogens is 2. The molecule has 0 saturated heterocycles. The molecular formula is C16H16N2OS. The Balaban J connectivity index is 2.05. The fourth-order valence-electron chi connectivity index (χ4n) is 2.20. The smallest absolute Gasteiger partial charge is 0.143 e. The van der Waals surface area contributed by atoms with E-state index in [1.165, 1.54) is 5.56 Å². The average molecular weight is 284 g/mol. The molecule has 0 radical (unpaired) electrons. The maximum atomic E-state index is 5.37. The third kappa shape index (κ3) is 2.44. The molecule has 0 fully saturated rings. The standard InChI is InChI=1S/C16H16N2OS/c1-10(19-3)12-5-4-6-13(7-12)14-8-15-16(17-9-14)20-11(2)18-15/h4-10H,1-3H3/t10-/m0/s1. The Morgan fingerprint density at radius 3 is 2.85 bits per heavy atom. The predicted octanol–water partition coefficient (Wildman–Crippen LogP) is 4.37. The normalized spacial score (nSPS) is 12.8. The van der Waals surface area contributed by atoms with E-state index in [9.17, 15) is 0 Å². The van der Waals surface area contributed by atoms with Crippen molar-refractivity contribution in [3.05, 3.63) is 47.1 Å². The molecule has 2 aromatic heterocycles. The fourth-order valence-corrected chi connectivity index (χ4v) is 2.94. The first-order valence-corrected chi connectivity index (χ1v) is 7.35. The molecule has 0 amide bonds. The van der Waals surface area contributed by atoms with Crippen LogP contribution in [0.15, 0.2) is 36.5 Å². The summed E-state index contributed by atoms with van der Waals surface area (Å²) >= 11 is 1.63. The number of benzene rings is 1. The summed E-state index contributed by atoms with van der Waals surface area (Å²) in [5.41, 5.74) is 4.37. The number of rotatable bonds is 3. The molecule has 4 heteroatoms. The van der Waals surface area contributed by atoms with E-state index >= 15 is 0 Å². The van der Waals surface area contributed by atoms with Crippen molar-refractivity contribution in [1.82, 2.24) is 9.97 Å². The van der Waals surface area contributed by atoms with Gasteiger partial charge >= 0.3 is 0 Å². The summed E-state index contributed by atoms with van der Waals surface area (Å²) < 4.78 is 5.37. The molecule has 3 nitrogen and oxygen atoms in total. The van der Waals surface area contributed by atoms with E-state index in [1.807, 2.05) is 20.0 Å². The molecular weight excluding hydrogens is 268 g/mol. The van der Waals surface area contributed by atoms with E-state index < -0.39 is 0 Å². The first kappa shape index (κ1) is 13.2. The van der Waals surface area contributed by atoms with Crippen LogP contribution in [0.25, 0.3) is 21.5 Å². The summed E-state index contributed by atoms with van der Waals surface area (Å²) in [7, 11) is 1.73. The van der Waals surface area contributed by atoms with E-state index in [2.05, 4.69) is 40.3 Å². The quantitative estimate of drug-likeness (QED) is 0.716. The molecule has 1 aromatic carbocycles. The second kappa shape index (κ2) is 5.31. The lowest BCUT2D eigenvalue weighted by atomic mass is 10.0. The van der Waals surface area contributed by atoms with Crippen LogP contribution in [-0.2, 0) is 4.74 Å². The zero-order valence-corrected chi connectivity index (χ0v) is 12.6. The van der Waals surface area contributed by atoms with Gasteiger partial charge in [0.15, 0.2) is 0 Å². The molecule has 0 unspecified atom stereocenters. The van der Waals surface area contributed by atoms with Crippen LogP contribution >= 0.6 is 11.3 Å². The molecule has 2 heterocycles. The second-order valence-corrected chi connectivity index (χ2v) is 5.97. The lowest BCUT2D eigenvalue weighted by molar-refractivity contribution is 0.119. The summed E-state index contributed by atoms with van der Waals surface area (Å²) in [6, 6.07) is 10.5. The van der Waals surface area contributed by atoms with Gasteiger partial charge in [0.1, 0.15) is 10.3 Å². The molecule has 1 atom stereocenters. The van der Waals surface area contributed by atoms with Gasteiger partial charge in [0.2, 0.25) is 0 Å². The van der Waals surface area contributed by atoms with Gasteiger partial charge in [-0.1, -0.05) is 29.5 Å². The van der Waals surface area contributed by atoms with E-state index in [1.54, 1.807) is 18.4 Å². The van der Waals surface area contributed by atoms with Gasteiger partial charge in [-0.25, -0.2) is 9.97 Å². The highest BCUT2D eigenvalue weighted by atomic mass is 32.1. The summed E-state index contributed by atoms with van der Waals surface area (Å²) in [5, 5.41) is 1.05. The lowest BCUT2D eigenvalue weighted by Gasteiger charge is -2.11. The minimum Gasteiger partial charge on any atom is -0.377 e. The van der Waals surface area contributed by atoms with Crippen LogP contribution in [0.5, 0.6) is 0 Å². The highest BCUT2D eigenvalue weighted by Crippen LogP contribution is 2.27. The van der Waals surface area contributed by atoms with Gasteiger partial charge in [-0.05, 0) is 37.1 Å². The molecule has 3 rings (SSSR count). The van der Waals surface area contributed by atoms with Crippen LogP contribution in [0, 0.1) is 6.92 Å². The van der Waals surface area contributed by atoms with E-state index in [0.29, 0.717) is 0 Å². The zero-order chi connectivity index (χ0) is 14.1. The van der Waals surface area contributed by atoms with Gasteiger partial charge in [0.05, 0.1) is 11.1 Å². The minimum absolute atomic E-state index is 0.0909. The molecule has 0 aliphatic heterocycles. The molecule has 3 aromatic rings. The van der Waals surface area contributed by atoms with Crippen LogP contribution in [0.2, 0.25) is 0 Å². The van der Waals surface area contributed by atoms with Crippen molar-refractivity contribution in [2.45, 2.75) is 20.0 Å². The van der Waals surface area contributed by atoms with Gasteiger partial charge in [-0.3, -0.25) is 0 Å². The number of hydrogen-bond donors (Lipinski definition) is 0. The highest BCUT2D eigenvalue weighted by molar-refractivity contribution is 7.18. The van der Waals surface area contributed by atoms with Crippen molar-refractivity contribution in [3.8, 4) is 11.1 Å². The second-order valence-electron chi connectivity index (χ2n) is 4.78. The Bertz CT molecular complexity index is 751. The molecule has 0 aliphatic rings. The number of aryl methyl sites for hydroxylation is 1. The molecule has 0 bridgehead atoms. The van der Waals surface area contributed by atoms with Crippen molar-refractivity contribution < 1.29 is 4.74 Å².